The summed E-state index contributed by atoms with van der Waals surface area (Å²) in [4.78, 5) is 11.7. The molecule has 0 aliphatic rings. The first kappa shape index (κ1) is 16.3. The standard InChI is InChI=1S/C15H24N2O3/c1-4-9-20-10-5-8-16-15(18)17-14-7-6-13(19-3)11-12(14)2/h6-7,11H,4-5,8-10H2,1-3H3,(H2,16,17,18). The average Bonchev–Trinajstić information content (AvgIpc) is 2.45. The summed E-state index contributed by atoms with van der Waals surface area (Å²) in [5.74, 6) is 0.779. The Labute approximate surface area is 120 Å². The van der Waals surface area contributed by atoms with Crippen molar-refractivity contribution in [2.24, 2.45) is 0 Å². The van der Waals surface area contributed by atoms with Gasteiger partial charge in [0, 0.05) is 25.4 Å². The van der Waals surface area contributed by atoms with Crippen LogP contribution in [0.3, 0.4) is 0 Å². The van der Waals surface area contributed by atoms with Crippen molar-refractivity contribution in [2.45, 2.75) is 26.7 Å². The second kappa shape index (κ2) is 9.20. The third-order valence-corrected chi connectivity index (χ3v) is 2.78. The number of anilines is 1. The maximum atomic E-state index is 11.7. The zero-order valence-corrected chi connectivity index (χ0v) is 12.5. The molecule has 0 unspecified atom stereocenters. The van der Waals surface area contributed by atoms with Crippen molar-refractivity contribution in [3.8, 4) is 5.75 Å². The SMILES string of the molecule is CCCOCCCNC(=O)Nc1ccc(OC)cc1C. The molecule has 0 aliphatic heterocycles. The summed E-state index contributed by atoms with van der Waals surface area (Å²) >= 11 is 0. The Morgan fingerprint density at radius 1 is 1.30 bits per heavy atom. The van der Waals surface area contributed by atoms with Gasteiger partial charge in [0.25, 0.3) is 0 Å². The van der Waals surface area contributed by atoms with Crippen LogP contribution in [-0.2, 0) is 4.74 Å². The summed E-state index contributed by atoms with van der Waals surface area (Å²) in [5.41, 5.74) is 1.75. The molecule has 20 heavy (non-hydrogen) atoms. The molecule has 0 atom stereocenters. The monoisotopic (exact) mass is 280 g/mol. The van der Waals surface area contributed by atoms with E-state index in [1.807, 2.05) is 25.1 Å². The minimum Gasteiger partial charge on any atom is -0.497 e. The molecule has 1 aromatic rings. The van der Waals surface area contributed by atoms with Gasteiger partial charge in [-0.1, -0.05) is 6.92 Å². The lowest BCUT2D eigenvalue weighted by atomic mass is 10.2. The Balaban J connectivity index is 2.28. The van der Waals surface area contributed by atoms with E-state index in [4.69, 9.17) is 9.47 Å². The smallest absolute Gasteiger partial charge is 0.319 e. The Morgan fingerprint density at radius 2 is 2.10 bits per heavy atom. The van der Waals surface area contributed by atoms with Crippen molar-refractivity contribution in [3.05, 3.63) is 23.8 Å². The number of amides is 2. The number of hydrogen-bond donors (Lipinski definition) is 2. The van der Waals surface area contributed by atoms with Gasteiger partial charge in [-0.05, 0) is 43.5 Å². The van der Waals surface area contributed by atoms with Crippen LogP contribution in [0.1, 0.15) is 25.3 Å². The van der Waals surface area contributed by atoms with Gasteiger partial charge in [0.15, 0.2) is 0 Å². The quantitative estimate of drug-likeness (QED) is 0.720. The van der Waals surface area contributed by atoms with Gasteiger partial charge in [-0.2, -0.15) is 0 Å². The number of nitrogens with one attached hydrogen (secondary N) is 2. The number of hydrogen-bond acceptors (Lipinski definition) is 3. The van der Waals surface area contributed by atoms with Crippen LogP contribution >= 0.6 is 0 Å². The van der Waals surface area contributed by atoms with Gasteiger partial charge < -0.3 is 20.1 Å². The Bertz CT molecular complexity index is 422. The molecule has 0 fully saturated rings. The van der Waals surface area contributed by atoms with E-state index >= 15 is 0 Å². The highest BCUT2D eigenvalue weighted by molar-refractivity contribution is 5.90. The van der Waals surface area contributed by atoms with Gasteiger partial charge in [-0.15, -0.1) is 0 Å². The molecule has 0 radical (unpaired) electrons. The summed E-state index contributed by atoms with van der Waals surface area (Å²) in [6.07, 6.45) is 1.83. The number of benzene rings is 1. The number of carbonyl (C=O) groups excluding carboxylic acids is 1. The Hall–Kier alpha value is -1.75. The van der Waals surface area contributed by atoms with E-state index in [-0.39, 0.29) is 6.03 Å². The third kappa shape index (κ3) is 5.93. The molecule has 5 nitrogen and oxygen atoms in total. The highest BCUT2D eigenvalue weighted by Gasteiger charge is 2.04. The first-order valence-electron chi connectivity index (χ1n) is 6.94. The predicted octanol–water partition coefficient (Wildman–Crippen LogP) is 2.94. The molecule has 0 saturated carbocycles. The van der Waals surface area contributed by atoms with Crippen LogP contribution in [0.4, 0.5) is 10.5 Å². The van der Waals surface area contributed by atoms with Crippen LogP contribution in [0.5, 0.6) is 5.75 Å². The number of urea groups is 1. The van der Waals surface area contributed by atoms with Crippen LogP contribution in [0.2, 0.25) is 0 Å². The summed E-state index contributed by atoms with van der Waals surface area (Å²) in [6.45, 7) is 6.05. The lowest BCUT2D eigenvalue weighted by Gasteiger charge is -2.11. The van der Waals surface area contributed by atoms with Gasteiger partial charge in [0.1, 0.15) is 5.75 Å². The van der Waals surface area contributed by atoms with E-state index in [0.29, 0.717) is 13.2 Å². The molecule has 0 spiro atoms. The van der Waals surface area contributed by atoms with Crippen molar-refractivity contribution >= 4 is 11.7 Å². The van der Waals surface area contributed by atoms with Crippen LogP contribution in [0.15, 0.2) is 18.2 Å². The summed E-state index contributed by atoms with van der Waals surface area (Å²) in [7, 11) is 1.62. The molecule has 1 aromatic carbocycles. The van der Waals surface area contributed by atoms with Crippen molar-refractivity contribution in [1.29, 1.82) is 0 Å². The molecule has 112 valence electrons. The van der Waals surface area contributed by atoms with Crippen molar-refractivity contribution in [1.82, 2.24) is 5.32 Å². The first-order valence-corrected chi connectivity index (χ1v) is 6.94. The van der Waals surface area contributed by atoms with E-state index in [2.05, 4.69) is 17.6 Å². The molecule has 2 amide bonds. The summed E-state index contributed by atoms with van der Waals surface area (Å²) < 4.78 is 10.5. The van der Waals surface area contributed by atoms with Gasteiger partial charge in [-0.25, -0.2) is 4.79 Å². The number of aryl methyl sites for hydroxylation is 1. The van der Waals surface area contributed by atoms with E-state index in [1.165, 1.54) is 0 Å². The minimum absolute atomic E-state index is 0.200. The molecule has 2 N–H and O–H groups in total. The normalized spacial score (nSPS) is 10.2. The highest BCUT2D eigenvalue weighted by atomic mass is 16.5. The average molecular weight is 280 g/mol. The van der Waals surface area contributed by atoms with Gasteiger partial charge >= 0.3 is 6.03 Å². The minimum atomic E-state index is -0.200. The van der Waals surface area contributed by atoms with Gasteiger partial charge in [0.05, 0.1) is 7.11 Å². The van der Waals surface area contributed by atoms with Crippen LogP contribution in [-0.4, -0.2) is 32.9 Å². The molecule has 0 aromatic heterocycles. The maximum absolute atomic E-state index is 11.7. The number of rotatable bonds is 8. The molecule has 0 aliphatic carbocycles. The maximum Gasteiger partial charge on any atom is 0.319 e. The molecular weight excluding hydrogens is 256 g/mol. The van der Waals surface area contributed by atoms with Crippen LogP contribution in [0.25, 0.3) is 0 Å². The van der Waals surface area contributed by atoms with Gasteiger partial charge in [0.2, 0.25) is 0 Å². The molecule has 0 bridgehead atoms. The molecule has 0 heterocycles. The predicted molar refractivity (Wildman–Crippen MR) is 80.5 cm³/mol. The fraction of sp³-hybridized carbons (Fsp3) is 0.533. The summed E-state index contributed by atoms with van der Waals surface area (Å²) in [5, 5.41) is 5.62. The van der Waals surface area contributed by atoms with Crippen LogP contribution < -0.4 is 15.4 Å². The fourth-order valence-electron chi connectivity index (χ4n) is 1.69. The fourth-order valence-corrected chi connectivity index (χ4v) is 1.69. The second-order valence-electron chi connectivity index (χ2n) is 4.53. The van der Waals surface area contributed by atoms with Crippen molar-refractivity contribution in [3.63, 3.8) is 0 Å². The first-order chi connectivity index (χ1) is 9.67. The molecule has 0 saturated heterocycles. The van der Waals surface area contributed by atoms with E-state index < -0.39 is 0 Å². The number of ether oxygens (including phenoxy) is 2. The van der Waals surface area contributed by atoms with E-state index in [9.17, 15) is 4.79 Å². The Morgan fingerprint density at radius 3 is 2.75 bits per heavy atom. The zero-order valence-electron chi connectivity index (χ0n) is 12.5. The topological polar surface area (TPSA) is 59.6 Å². The Kier molecular flexibility index (Phi) is 7.50. The number of methoxy groups -OCH3 is 1. The largest absolute Gasteiger partial charge is 0.497 e. The highest BCUT2D eigenvalue weighted by Crippen LogP contribution is 2.20. The van der Waals surface area contributed by atoms with Gasteiger partial charge in [-0.3, -0.25) is 0 Å². The second-order valence-corrected chi connectivity index (χ2v) is 4.53. The molecule has 5 heteroatoms. The zero-order chi connectivity index (χ0) is 14.8. The summed E-state index contributed by atoms with van der Waals surface area (Å²) in [6, 6.07) is 5.34. The third-order valence-electron chi connectivity index (χ3n) is 2.78. The lowest BCUT2D eigenvalue weighted by molar-refractivity contribution is 0.132. The molecule has 1 rings (SSSR count). The van der Waals surface area contributed by atoms with E-state index in [1.54, 1.807) is 7.11 Å². The molecular formula is C15H24N2O3. The number of carbonyl (C=O) groups is 1. The van der Waals surface area contributed by atoms with E-state index in [0.717, 1.165) is 36.4 Å². The van der Waals surface area contributed by atoms with Crippen LogP contribution in [0, 0.1) is 6.92 Å². The lowest BCUT2D eigenvalue weighted by Crippen LogP contribution is -2.30. The van der Waals surface area contributed by atoms with Crippen molar-refractivity contribution < 1.29 is 14.3 Å². The van der Waals surface area contributed by atoms with Crippen molar-refractivity contribution in [2.75, 3.05) is 32.2 Å².